The summed E-state index contributed by atoms with van der Waals surface area (Å²) >= 11 is 0. The van der Waals surface area contributed by atoms with Gasteiger partial charge in [-0.3, -0.25) is 4.79 Å². The van der Waals surface area contributed by atoms with Gasteiger partial charge in [0.2, 0.25) is 5.91 Å². The van der Waals surface area contributed by atoms with E-state index >= 15 is 0 Å². The summed E-state index contributed by atoms with van der Waals surface area (Å²) in [6.07, 6.45) is 5.96. The summed E-state index contributed by atoms with van der Waals surface area (Å²) in [5, 5.41) is 2.71. The Morgan fingerprint density at radius 2 is 2.12 bits per heavy atom. The Morgan fingerprint density at radius 3 is 2.62 bits per heavy atom. The number of hydrogen-bond acceptors (Lipinski definition) is 2. The number of carbonyl (C=O) groups excluding carboxylic acids is 1. The van der Waals surface area contributed by atoms with Gasteiger partial charge in [0.05, 0.1) is 6.04 Å². The molecule has 3 N–H and O–H groups in total. The minimum Gasteiger partial charge on any atom is -0.341 e. The second-order valence-corrected chi connectivity index (χ2v) is 3.52. The van der Waals surface area contributed by atoms with E-state index in [4.69, 9.17) is 12.2 Å². The van der Waals surface area contributed by atoms with Crippen molar-refractivity contribution in [1.82, 2.24) is 5.32 Å². The van der Waals surface area contributed by atoms with Crippen molar-refractivity contribution in [3.8, 4) is 12.3 Å². The summed E-state index contributed by atoms with van der Waals surface area (Å²) in [6, 6.07) is 8.31. The lowest BCUT2D eigenvalue weighted by molar-refractivity contribution is -0.122. The molecule has 1 unspecified atom stereocenters. The third kappa shape index (κ3) is 3.11. The Morgan fingerprint density at radius 1 is 1.50 bits per heavy atom. The fourth-order valence-electron chi connectivity index (χ4n) is 1.33. The molecular weight excluding hydrogens is 200 g/mol. The number of nitrogens with one attached hydrogen (secondary N) is 1. The second-order valence-electron chi connectivity index (χ2n) is 3.52. The van der Waals surface area contributed by atoms with Crippen molar-refractivity contribution in [1.29, 1.82) is 0 Å². The molecule has 1 aromatic carbocycles. The minimum atomic E-state index is -0.663. The zero-order chi connectivity index (χ0) is 12.0. The van der Waals surface area contributed by atoms with E-state index < -0.39 is 6.04 Å². The van der Waals surface area contributed by atoms with Crippen LogP contribution in [0.4, 0.5) is 0 Å². The van der Waals surface area contributed by atoms with Crippen LogP contribution >= 0.6 is 0 Å². The average molecular weight is 216 g/mol. The molecule has 0 aliphatic carbocycles. The number of carbonyl (C=O) groups is 1. The van der Waals surface area contributed by atoms with Gasteiger partial charge >= 0.3 is 0 Å². The molecule has 84 valence electrons. The van der Waals surface area contributed by atoms with Crippen LogP contribution in [0.15, 0.2) is 30.3 Å². The molecule has 2 atom stereocenters. The van der Waals surface area contributed by atoms with Crippen molar-refractivity contribution >= 4 is 5.91 Å². The number of hydrogen-bond donors (Lipinski definition) is 2. The number of rotatable bonds is 4. The van der Waals surface area contributed by atoms with Gasteiger partial charge in [0, 0.05) is 0 Å². The van der Waals surface area contributed by atoms with Crippen molar-refractivity contribution in [3.63, 3.8) is 0 Å². The van der Waals surface area contributed by atoms with Crippen LogP contribution in [0.2, 0.25) is 0 Å². The third-order valence-electron chi connectivity index (χ3n) is 2.37. The largest absolute Gasteiger partial charge is 0.341 e. The summed E-state index contributed by atoms with van der Waals surface area (Å²) in [4.78, 5) is 11.7. The maximum absolute atomic E-state index is 11.7. The van der Waals surface area contributed by atoms with Gasteiger partial charge in [0.25, 0.3) is 0 Å². The number of amides is 1. The normalized spacial score (nSPS) is 13.6. The van der Waals surface area contributed by atoms with Crippen molar-refractivity contribution in [2.45, 2.75) is 25.4 Å². The lowest BCUT2D eigenvalue weighted by atomic mass is 10.1. The van der Waals surface area contributed by atoms with Crippen molar-refractivity contribution in [2.24, 2.45) is 5.73 Å². The Bertz CT molecular complexity index is 381. The Hall–Kier alpha value is -1.79. The lowest BCUT2D eigenvalue weighted by Crippen LogP contribution is -2.39. The molecule has 3 nitrogen and oxygen atoms in total. The van der Waals surface area contributed by atoms with Crippen LogP contribution in [0, 0.1) is 12.3 Å². The van der Waals surface area contributed by atoms with Gasteiger partial charge in [-0.25, -0.2) is 0 Å². The zero-order valence-electron chi connectivity index (χ0n) is 9.31. The number of benzene rings is 1. The Balaban J connectivity index is 2.65. The van der Waals surface area contributed by atoms with Gasteiger partial charge in [-0.2, -0.15) is 0 Å². The van der Waals surface area contributed by atoms with Crippen molar-refractivity contribution in [3.05, 3.63) is 35.9 Å². The Labute approximate surface area is 96.0 Å². The van der Waals surface area contributed by atoms with Crippen LogP contribution in [-0.2, 0) is 4.79 Å². The summed E-state index contributed by atoms with van der Waals surface area (Å²) in [5.41, 5.74) is 6.60. The third-order valence-corrected chi connectivity index (χ3v) is 2.37. The fraction of sp³-hybridized carbons (Fsp3) is 0.308. The molecule has 0 saturated carbocycles. The first-order chi connectivity index (χ1) is 7.69. The maximum atomic E-state index is 11.7. The molecule has 0 aliphatic rings. The highest BCUT2D eigenvalue weighted by molar-refractivity contribution is 5.83. The average Bonchev–Trinajstić information content (AvgIpc) is 2.35. The van der Waals surface area contributed by atoms with Crippen LogP contribution in [0.1, 0.15) is 24.9 Å². The smallest absolute Gasteiger partial charge is 0.242 e. The van der Waals surface area contributed by atoms with Crippen LogP contribution in [-0.4, -0.2) is 11.9 Å². The molecule has 3 heteroatoms. The summed E-state index contributed by atoms with van der Waals surface area (Å²) in [5.74, 6) is 2.26. The SMILES string of the molecule is C#CC(CC)NC(=O)[C@H](N)c1ccccc1. The molecular formula is C13H16N2O. The topological polar surface area (TPSA) is 55.1 Å². The highest BCUT2D eigenvalue weighted by atomic mass is 16.2. The Kier molecular flexibility index (Phi) is 4.56. The molecule has 0 bridgehead atoms. The molecule has 1 aromatic rings. The molecule has 0 heterocycles. The van der Waals surface area contributed by atoms with Crippen LogP contribution in [0.5, 0.6) is 0 Å². The van der Waals surface area contributed by atoms with Gasteiger partial charge in [0.1, 0.15) is 6.04 Å². The van der Waals surface area contributed by atoms with E-state index in [9.17, 15) is 4.79 Å². The van der Waals surface area contributed by atoms with Crippen molar-refractivity contribution < 1.29 is 4.79 Å². The van der Waals surface area contributed by atoms with E-state index in [1.165, 1.54) is 0 Å². The molecule has 0 aromatic heterocycles. The van der Waals surface area contributed by atoms with Crippen LogP contribution in [0.3, 0.4) is 0 Å². The monoisotopic (exact) mass is 216 g/mol. The van der Waals surface area contributed by atoms with Crippen molar-refractivity contribution in [2.75, 3.05) is 0 Å². The van der Waals surface area contributed by atoms with E-state index in [1.54, 1.807) is 0 Å². The van der Waals surface area contributed by atoms with E-state index in [0.717, 1.165) is 5.56 Å². The summed E-state index contributed by atoms with van der Waals surface area (Å²) < 4.78 is 0. The molecule has 0 radical (unpaired) electrons. The number of nitrogens with two attached hydrogens (primary N) is 1. The predicted octanol–water partition coefficient (Wildman–Crippen LogP) is 1.21. The highest BCUT2D eigenvalue weighted by Gasteiger charge is 2.17. The summed E-state index contributed by atoms with van der Waals surface area (Å²) in [6.45, 7) is 1.92. The van der Waals surface area contributed by atoms with E-state index in [2.05, 4.69) is 11.2 Å². The van der Waals surface area contributed by atoms with E-state index in [0.29, 0.717) is 6.42 Å². The minimum absolute atomic E-state index is 0.240. The van der Waals surface area contributed by atoms with Gasteiger partial charge in [-0.1, -0.05) is 43.2 Å². The van der Waals surface area contributed by atoms with Gasteiger partial charge in [-0.05, 0) is 12.0 Å². The number of terminal acetylenes is 1. The van der Waals surface area contributed by atoms with Gasteiger partial charge in [-0.15, -0.1) is 6.42 Å². The molecule has 0 aliphatic heterocycles. The highest BCUT2D eigenvalue weighted by Crippen LogP contribution is 2.09. The quantitative estimate of drug-likeness (QED) is 0.743. The van der Waals surface area contributed by atoms with Gasteiger partial charge < -0.3 is 11.1 Å². The molecule has 16 heavy (non-hydrogen) atoms. The first kappa shape index (κ1) is 12.3. The molecule has 0 spiro atoms. The van der Waals surface area contributed by atoms with Crippen LogP contribution < -0.4 is 11.1 Å². The maximum Gasteiger partial charge on any atom is 0.242 e. The fourth-order valence-corrected chi connectivity index (χ4v) is 1.33. The molecule has 0 saturated heterocycles. The predicted molar refractivity (Wildman–Crippen MR) is 64.4 cm³/mol. The van der Waals surface area contributed by atoms with Gasteiger partial charge in [0.15, 0.2) is 0 Å². The lowest BCUT2D eigenvalue weighted by Gasteiger charge is -2.15. The zero-order valence-corrected chi connectivity index (χ0v) is 9.31. The summed E-state index contributed by atoms with van der Waals surface area (Å²) in [7, 11) is 0. The van der Waals surface area contributed by atoms with E-state index in [1.807, 2.05) is 37.3 Å². The van der Waals surface area contributed by atoms with Crippen LogP contribution in [0.25, 0.3) is 0 Å². The molecule has 0 fully saturated rings. The standard InChI is InChI=1S/C13H16N2O/c1-3-11(4-2)15-13(16)12(14)10-8-6-5-7-9-10/h1,5-9,11-12H,4,14H2,2H3,(H,15,16)/t11?,12-/m1/s1. The first-order valence-corrected chi connectivity index (χ1v) is 5.26. The first-order valence-electron chi connectivity index (χ1n) is 5.26. The molecule has 1 rings (SSSR count). The second kappa shape index (κ2) is 5.94. The molecule has 1 amide bonds. The van der Waals surface area contributed by atoms with E-state index in [-0.39, 0.29) is 11.9 Å².